The monoisotopic (exact) mass is 333 g/mol. The number of hydrogen-bond donors (Lipinski definition) is 0. The molecule has 1 aromatic heterocycles. The lowest BCUT2D eigenvalue weighted by Gasteiger charge is -2.22. The number of nitrogens with zero attached hydrogens (tertiary/aromatic N) is 3. The highest BCUT2D eigenvalue weighted by atomic mass is 19.1. The molecule has 1 aromatic carbocycles. The Bertz CT molecular complexity index is 673. The van der Waals surface area contributed by atoms with Crippen molar-refractivity contribution < 1.29 is 18.7 Å². The van der Waals surface area contributed by atoms with E-state index >= 15 is 0 Å². The molecule has 7 heteroatoms. The molecule has 0 aliphatic heterocycles. The van der Waals surface area contributed by atoms with Gasteiger partial charge in [-0.3, -0.25) is 9.59 Å². The SMILES string of the molecule is COC(=O)CCN(CCCn1ccnc1)C(=O)c1cccc(F)c1. The minimum absolute atomic E-state index is 0.0998. The second-order valence-corrected chi connectivity index (χ2v) is 5.28. The fourth-order valence-electron chi connectivity index (χ4n) is 2.31. The maximum Gasteiger partial charge on any atom is 0.307 e. The number of benzene rings is 1. The van der Waals surface area contributed by atoms with E-state index in [1.165, 1.54) is 25.3 Å². The lowest BCUT2D eigenvalue weighted by molar-refractivity contribution is -0.140. The first-order chi connectivity index (χ1) is 11.6. The number of carbonyl (C=O) groups excluding carboxylic acids is 2. The molecule has 0 saturated carbocycles. The average molecular weight is 333 g/mol. The van der Waals surface area contributed by atoms with E-state index in [9.17, 15) is 14.0 Å². The first-order valence-electron chi connectivity index (χ1n) is 7.67. The fourth-order valence-corrected chi connectivity index (χ4v) is 2.31. The molecule has 1 heterocycles. The third kappa shape index (κ3) is 5.19. The van der Waals surface area contributed by atoms with Crippen molar-refractivity contribution in [1.82, 2.24) is 14.5 Å². The van der Waals surface area contributed by atoms with Crippen LogP contribution in [0.3, 0.4) is 0 Å². The molecule has 0 aliphatic carbocycles. The van der Waals surface area contributed by atoms with E-state index in [0.29, 0.717) is 19.5 Å². The van der Waals surface area contributed by atoms with Gasteiger partial charge in [0.15, 0.2) is 0 Å². The van der Waals surface area contributed by atoms with Crippen LogP contribution in [0.2, 0.25) is 0 Å². The third-order valence-corrected chi connectivity index (χ3v) is 3.58. The Morgan fingerprint density at radius 1 is 1.33 bits per heavy atom. The summed E-state index contributed by atoms with van der Waals surface area (Å²) in [6.07, 6.45) is 6.02. The van der Waals surface area contributed by atoms with Crippen molar-refractivity contribution in [3.05, 3.63) is 54.4 Å². The molecule has 0 atom stereocenters. The summed E-state index contributed by atoms with van der Waals surface area (Å²) in [5, 5.41) is 0. The molecule has 0 saturated heterocycles. The number of ether oxygens (including phenoxy) is 1. The Morgan fingerprint density at radius 3 is 2.83 bits per heavy atom. The number of esters is 1. The lowest BCUT2D eigenvalue weighted by Crippen LogP contribution is -2.34. The number of amides is 1. The number of halogens is 1. The van der Waals surface area contributed by atoms with Crippen molar-refractivity contribution in [1.29, 1.82) is 0 Å². The number of aromatic nitrogens is 2. The van der Waals surface area contributed by atoms with E-state index < -0.39 is 5.82 Å². The van der Waals surface area contributed by atoms with Gasteiger partial charge in [0.1, 0.15) is 5.82 Å². The number of carbonyl (C=O) groups is 2. The number of aryl methyl sites for hydroxylation is 1. The van der Waals surface area contributed by atoms with Crippen LogP contribution in [0.4, 0.5) is 4.39 Å². The van der Waals surface area contributed by atoms with Crippen molar-refractivity contribution in [2.45, 2.75) is 19.4 Å². The highest BCUT2D eigenvalue weighted by molar-refractivity contribution is 5.94. The molecule has 1 amide bonds. The van der Waals surface area contributed by atoms with Crippen molar-refractivity contribution >= 4 is 11.9 Å². The molecular formula is C17H20FN3O3. The van der Waals surface area contributed by atoms with Gasteiger partial charge in [-0.05, 0) is 24.6 Å². The second kappa shape index (κ2) is 8.81. The van der Waals surface area contributed by atoms with Crippen molar-refractivity contribution in [2.24, 2.45) is 0 Å². The van der Waals surface area contributed by atoms with Gasteiger partial charge in [0, 0.05) is 37.6 Å². The molecule has 0 spiro atoms. The predicted molar refractivity (Wildman–Crippen MR) is 85.8 cm³/mol. The number of imidazole rings is 1. The highest BCUT2D eigenvalue weighted by Gasteiger charge is 2.17. The first kappa shape index (κ1) is 17.7. The van der Waals surface area contributed by atoms with Gasteiger partial charge in [-0.15, -0.1) is 0 Å². The van der Waals surface area contributed by atoms with Crippen LogP contribution in [0.15, 0.2) is 43.0 Å². The normalized spacial score (nSPS) is 10.4. The maximum absolute atomic E-state index is 13.3. The quantitative estimate of drug-likeness (QED) is 0.694. The van der Waals surface area contributed by atoms with Crippen molar-refractivity contribution in [2.75, 3.05) is 20.2 Å². The Morgan fingerprint density at radius 2 is 2.17 bits per heavy atom. The van der Waals surface area contributed by atoms with Crippen LogP contribution < -0.4 is 0 Å². The van der Waals surface area contributed by atoms with Gasteiger partial charge in [-0.25, -0.2) is 9.37 Å². The molecule has 6 nitrogen and oxygen atoms in total. The van der Waals surface area contributed by atoms with Crippen molar-refractivity contribution in [3.63, 3.8) is 0 Å². The summed E-state index contributed by atoms with van der Waals surface area (Å²) < 4.78 is 19.9. The number of rotatable bonds is 8. The van der Waals surface area contributed by atoms with Crippen LogP contribution in [-0.2, 0) is 16.1 Å². The molecule has 2 aromatic rings. The van der Waals surface area contributed by atoms with E-state index in [0.717, 1.165) is 0 Å². The topological polar surface area (TPSA) is 64.4 Å². The van der Waals surface area contributed by atoms with E-state index in [-0.39, 0.29) is 30.4 Å². The van der Waals surface area contributed by atoms with Gasteiger partial charge in [-0.1, -0.05) is 6.07 Å². The zero-order valence-corrected chi connectivity index (χ0v) is 13.5. The molecule has 0 unspecified atom stereocenters. The molecule has 0 aliphatic rings. The maximum atomic E-state index is 13.3. The molecule has 128 valence electrons. The molecular weight excluding hydrogens is 313 g/mol. The minimum Gasteiger partial charge on any atom is -0.469 e. The highest BCUT2D eigenvalue weighted by Crippen LogP contribution is 2.09. The van der Waals surface area contributed by atoms with Gasteiger partial charge >= 0.3 is 5.97 Å². The fraction of sp³-hybridized carbons (Fsp3) is 0.353. The first-order valence-corrected chi connectivity index (χ1v) is 7.67. The van der Waals surface area contributed by atoms with E-state index in [2.05, 4.69) is 9.72 Å². The number of methoxy groups -OCH3 is 1. The largest absolute Gasteiger partial charge is 0.469 e. The third-order valence-electron chi connectivity index (χ3n) is 3.58. The number of hydrogen-bond acceptors (Lipinski definition) is 4. The second-order valence-electron chi connectivity index (χ2n) is 5.28. The van der Waals surface area contributed by atoms with Gasteiger partial charge in [0.25, 0.3) is 5.91 Å². The van der Waals surface area contributed by atoms with Crippen LogP contribution in [-0.4, -0.2) is 46.5 Å². The Labute approximate surface area is 139 Å². The molecule has 24 heavy (non-hydrogen) atoms. The molecule has 0 bridgehead atoms. The van der Waals surface area contributed by atoms with Crippen LogP contribution in [0.25, 0.3) is 0 Å². The summed E-state index contributed by atoms with van der Waals surface area (Å²) in [5.41, 5.74) is 0.266. The van der Waals surface area contributed by atoms with E-state index in [1.807, 2.05) is 10.8 Å². The van der Waals surface area contributed by atoms with Crippen LogP contribution in [0.5, 0.6) is 0 Å². The van der Waals surface area contributed by atoms with Crippen LogP contribution in [0, 0.1) is 5.82 Å². The minimum atomic E-state index is -0.466. The summed E-state index contributed by atoms with van der Waals surface area (Å²) in [6, 6.07) is 5.54. The Hall–Kier alpha value is -2.70. The smallest absolute Gasteiger partial charge is 0.307 e. The van der Waals surface area contributed by atoms with Gasteiger partial charge < -0.3 is 14.2 Å². The molecule has 0 fully saturated rings. The summed E-state index contributed by atoms with van der Waals surface area (Å²) in [5.74, 6) is -1.15. The van der Waals surface area contributed by atoms with Crippen LogP contribution in [0.1, 0.15) is 23.2 Å². The van der Waals surface area contributed by atoms with Crippen LogP contribution >= 0.6 is 0 Å². The zero-order chi connectivity index (χ0) is 17.4. The van der Waals surface area contributed by atoms with Gasteiger partial charge in [0.2, 0.25) is 0 Å². The standard InChI is InChI=1S/C17H20FN3O3/c1-24-16(22)6-10-21(9-3-8-20-11-7-19-13-20)17(23)14-4-2-5-15(18)12-14/h2,4-5,7,11-13H,3,6,8-10H2,1H3. The Kier molecular flexibility index (Phi) is 6.48. The van der Waals surface area contributed by atoms with E-state index in [1.54, 1.807) is 23.5 Å². The summed E-state index contributed by atoms with van der Waals surface area (Å²) in [4.78, 5) is 29.4. The van der Waals surface area contributed by atoms with Gasteiger partial charge in [0.05, 0.1) is 19.9 Å². The van der Waals surface area contributed by atoms with Crippen molar-refractivity contribution in [3.8, 4) is 0 Å². The predicted octanol–water partition coefficient (Wildman–Crippen LogP) is 2.12. The Balaban J connectivity index is 2.00. The molecule has 0 N–H and O–H groups in total. The average Bonchev–Trinajstić information content (AvgIpc) is 3.10. The molecule has 2 rings (SSSR count). The summed E-state index contributed by atoms with van der Waals surface area (Å²) >= 11 is 0. The van der Waals surface area contributed by atoms with Gasteiger partial charge in [-0.2, -0.15) is 0 Å². The lowest BCUT2D eigenvalue weighted by atomic mass is 10.2. The zero-order valence-electron chi connectivity index (χ0n) is 13.5. The summed E-state index contributed by atoms with van der Waals surface area (Å²) in [7, 11) is 1.31. The molecule has 0 radical (unpaired) electrons. The van der Waals surface area contributed by atoms with E-state index in [4.69, 9.17) is 0 Å². The summed E-state index contributed by atoms with van der Waals surface area (Å²) in [6.45, 7) is 1.38.